The third kappa shape index (κ3) is 1.64. The Morgan fingerprint density at radius 1 is 1.67 bits per heavy atom. The molecule has 0 amide bonds. The number of nitrogens with zero attached hydrogens (tertiary/aromatic N) is 2. The van der Waals surface area contributed by atoms with E-state index in [4.69, 9.17) is 5.11 Å². The zero-order valence-corrected chi connectivity index (χ0v) is 9.16. The Balaban J connectivity index is 2.50. The van der Waals surface area contributed by atoms with Crippen molar-refractivity contribution in [3.05, 3.63) is 17.2 Å². The van der Waals surface area contributed by atoms with Crippen LogP contribution in [-0.2, 0) is 19.4 Å². The number of fused-ring (bicyclic) bond motifs is 1. The zero-order chi connectivity index (χ0) is 11.0. The van der Waals surface area contributed by atoms with Crippen molar-refractivity contribution in [3.8, 4) is 0 Å². The summed E-state index contributed by atoms with van der Waals surface area (Å²) in [6.07, 6.45) is 2.71. The fraction of sp³-hybridized carbons (Fsp3) is 0.636. The van der Waals surface area contributed by atoms with Gasteiger partial charge in [0.25, 0.3) is 0 Å². The summed E-state index contributed by atoms with van der Waals surface area (Å²) in [6, 6.07) is 0. The monoisotopic (exact) mass is 208 g/mol. The summed E-state index contributed by atoms with van der Waals surface area (Å²) in [6.45, 7) is 4.90. The summed E-state index contributed by atoms with van der Waals surface area (Å²) in [5.41, 5.74) is 1.13. The predicted molar refractivity (Wildman–Crippen MR) is 56.0 cm³/mol. The van der Waals surface area contributed by atoms with Gasteiger partial charge in [0.05, 0.1) is 5.69 Å². The SMILES string of the molecule is CCc1nc2n(c1C(=O)O)C[C@@H](C)CC2. The van der Waals surface area contributed by atoms with Crippen LogP contribution in [-0.4, -0.2) is 20.6 Å². The molecule has 0 fully saturated rings. The number of hydrogen-bond donors (Lipinski definition) is 1. The van der Waals surface area contributed by atoms with E-state index in [0.717, 1.165) is 30.9 Å². The maximum Gasteiger partial charge on any atom is 0.354 e. The summed E-state index contributed by atoms with van der Waals surface area (Å²) in [5, 5.41) is 9.17. The van der Waals surface area contributed by atoms with Crippen molar-refractivity contribution in [2.75, 3.05) is 0 Å². The van der Waals surface area contributed by atoms with E-state index in [1.807, 2.05) is 11.5 Å². The second-order valence-electron chi connectivity index (χ2n) is 4.24. The molecule has 1 aromatic rings. The molecule has 0 saturated carbocycles. The highest BCUT2D eigenvalue weighted by Gasteiger charge is 2.25. The van der Waals surface area contributed by atoms with E-state index in [1.165, 1.54) is 0 Å². The average Bonchev–Trinajstić information content (AvgIpc) is 2.55. The Hall–Kier alpha value is -1.32. The van der Waals surface area contributed by atoms with Crippen molar-refractivity contribution in [1.82, 2.24) is 9.55 Å². The van der Waals surface area contributed by atoms with Gasteiger partial charge in [-0.3, -0.25) is 0 Å². The Labute approximate surface area is 88.9 Å². The van der Waals surface area contributed by atoms with Crippen molar-refractivity contribution in [3.63, 3.8) is 0 Å². The van der Waals surface area contributed by atoms with Crippen LogP contribution >= 0.6 is 0 Å². The van der Waals surface area contributed by atoms with Gasteiger partial charge in [-0.25, -0.2) is 9.78 Å². The van der Waals surface area contributed by atoms with Crippen molar-refractivity contribution in [1.29, 1.82) is 0 Å². The number of carboxylic acid groups (broad SMARTS) is 1. The van der Waals surface area contributed by atoms with Gasteiger partial charge in [-0.2, -0.15) is 0 Å². The first kappa shape index (κ1) is 10.2. The van der Waals surface area contributed by atoms with Gasteiger partial charge in [0, 0.05) is 13.0 Å². The number of rotatable bonds is 2. The van der Waals surface area contributed by atoms with Crippen LogP contribution < -0.4 is 0 Å². The summed E-state index contributed by atoms with van der Waals surface area (Å²) in [7, 11) is 0. The highest BCUT2D eigenvalue weighted by molar-refractivity contribution is 5.87. The molecule has 1 N–H and O–H groups in total. The molecular formula is C11H16N2O2. The topological polar surface area (TPSA) is 55.1 Å². The Morgan fingerprint density at radius 3 is 3.00 bits per heavy atom. The predicted octanol–water partition coefficient (Wildman–Crippen LogP) is 1.73. The summed E-state index contributed by atoms with van der Waals surface area (Å²) in [4.78, 5) is 15.6. The van der Waals surface area contributed by atoms with Crippen molar-refractivity contribution < 1.29 is 9.90 Å². The van der Waals surface area contributed by atoms with Gasteiger partial charge in [-0.05, 0) is 18.8 Å². The van der Waals surface area contributed by atoms with Crippen LogP contribution in [0.3, 0.4) is 0 Å². The van der Waals surface area contributed by atoms with E-state index in [2.05, 4.69) is 11.9 Å². The molecule has 0 saturated heterocycles. The van der Waals surface area contributed by atoms with Gasteiger partial charge in [-0.1, -0.05) is 13.8 Å². The highest BCUT2D eigenvalue weighted by atomic mass is 16.4. The molecule has 4 nitrogen and oxygen atoms in total. The molecule has 1 atom stereocenters. The van der Waals surface area contributed by atoms with E-state index in [1.54, 1.807) is 0 Å². The summed E-state index contributed by atoms with van der Waals surface area (Å²) < 4.78 is 1.88. The van der Waals surface area contributed by atoms with Crippen LogP contribution in [0.2, 0.25) is 0 Å². The molecule has 2 rings (SSSR count). The average molecular weight is 208 g/mol. The molecule has 0 unspecified atom stereocenters. The third-order valence-corrected chi connectivity index (χ3v) is 3.01. The van der Waals surface area contributed by atoms with Crippen LogP contribution in [0, 0.1) is 5.92 Å². The quantitative estimate of drug-likeness (QED) is 0.805. The fourth-order valence-corrected chi connectivity index (χ4v) is 2.21. The van der Waals surface area contributed by atoms with Crippen LogP contribution in [0.4, 0.5) is 0 Å². The molecule has 1 aliphatic heterocycles. The second kappa shape index (κ2) is 3.68. The van der Waals surface area contributed by atoms with E-state index in [-0.39, 0.29) is 0 Å². The Morgan fingerprint density at radius 2 is 2.40 bits per heavy atom. The molecule has 0 radical (unpaired) electrons. The number of imidazole rings is 1. The number of aryl methyl sites for hydroxylation is 2. The normalized spacial score (nSPS) is 20.0. The largest absolute Gasteiger partial charge is 0.477 e. The number of carbonyl (C=O) groups is 1. The van der Waals surface area contributed by atoms with E-state index < -0.39 is 5.97 Å². The molecule has 0 bridgehead atoms. The smallest absolute Gasteiger partial charge is 0.354 e. The van der Waals surface area contributed by atoms with Crippen LogP contribution in [0.25, 0.3) is 0 Å². The maximum absolute atomic E-state index is 11.2. The van der Waals surface area contributed by atoms with Crippen molar-refractivity contribution in [2.24, 2.45) is 5.92 Å². The summed E-state index contributed by atoms with van der Waals surface area (Å²) in [5.74, 6) is 0.650. The number of aromatic nitrogens is 2. The van der Waals surface area contributed by atoms with Gasteiger partial charge in [0.2, 0.25) is 0 Å². The third-order valence-electron chi connectivity index (χ3n) is 3.01. The van der Waals surface area contributed by atoms with Crippen LogP contribution in [0.5, 0.6) is 0 Å². The lowest BCUT2D eigenvalue weighted by atomic mass is 10.0. The van der Waals surface area contributed by atoms with Crippen molar-refractivity contribution >= 4 is 5.97 Å². The van der Waals surface area contributed by atoms with Gasteiger partial charge >= 0.3 is 5.97 Å². The molecule has 1 aliphatic rings. The molecular weight excluding hydrogens is 192 g/mol. The van der Waals surface area contributed by atoms with E-state index >= 15 is 0 Å². The Bertz CT molecular complexity index is 396. The first-order valence-electron chi connectivity index (χ1n) is 5.45. The zero-order valence-electron chi connectivity index (χ0n) is 9.16. The van der Waals surface area contributed by atoms with Crippen molar-refractivity contribution in [2.45, 2.75) is 39.7 Å². The van der Waals surface area contributed by atoms with Gasteiger partial charge in [0.15, 0.2) is 5.69 Å². The first-order valence-corrected chi connectivity index (χ1v) is 5.45. The first-order chi connectivity index (χ1) is 7.13. The second-order valence-corrected chi connectivity index (χ2v) is 4.24. The lowest BCUT2D eigenvalue weighted by Crippen LogP contribution is -2.21. The van der Waals surface area contributed by atoms with Gasteiger partial charge < -0.3 is 9.67 Å². The molecule has 82 valence electrons. The van der Waals surface area contributed by atoms with Crippen LogP contribution in [0.15, 0.2) is 0 Å². The van der Waals surface area contributed by atoms with E-state index in [0.29, 0.717) is 18.0 Å². The minimum absolute atomic E-state index is 0.402. The number of hydrogen-bond acceptors (Lipinski definition) is 2. The minimum Gasteiger partial charge on any atom is -0.477 e. The Kier molecular flexibility index (Phi) is 2.50. The number of aromatic carboxylic acids is 1. The molecule has 15 heavy (non-hydrogen) atoms. The standard InChI is InChI=1S/C11H16N2O2/c1-3-8-10(11(14)15)13-6-7(2)4-5-9(13)12-8/h7H,3-6H2,1-2H3,(H,14,15)/t7-/m0/s1. The molecule has 0 spiro atoms. The van der Waals surface area contributed by atoms with Gasteiger partial charge in [0.1, 0.15) is 5.82 Å². The molecule has 0 aromatic carbocycles. The number of carboxylic acids is 1. The molecule has 0 aliphatic carbocycles. The summed E-state index contributed by atoms with van der Waals surface area (Å²) >= 11 is 0. The molecule has 4 heteroatoms. The fourth-order valence-electron chi connectivity index (χ4n) is 2.21. The van der Waals surface area contributed by atoms with E-state index in [9.17, 15) is 4.79 Å². The highest BCUT2D eigenvalue weighted by Crippen LogP contribution is 2.23. The molecule has 2 heterocycles. The minimum atomic E-state index is -0.847. The lowest BCUT2D eigenvalue weighted by Gasteiger charge is -2.20. The molecule has 1 aromatic heterocycles. The maximum atomic E-state index is 11.2. The van der Waals surface area contributed by atoms with Crippen LogP contribution in [0.1, 0.15) is 42.3 Å². The van der Waals surface area contributed by atoms with Gasteiger partial charge in [-0.15, -0.1) is 0 Å². The lowest BCUT2D eigenvalue weighted by molar-refractivity contribution is 0.0681.